The molecule has 0 aromatic heterocycles. The van der Waals surface area contributed by atoms with Crippen LogP contribution in [-0.4, -0.2) is 12.0 Å². The van der Waals surface area contributed by atoms with E-state index in [1.165, 1.54) is 6.07 Å². The van der Waals surface area contributed by atoms with Crippen LogP contribution in [0.15, 0.2) is 18.2 Å². The summed E-state index contributed by atoms with van der Waals surface area (Å²) in [6.07, 6.45) is -3.17. The number of ketones is 1. The van der Waals surface area contributed by atoms with E-state index in [4.69, 9.17) is 11.6 Å². The van der Waals surface area contributed by atoms with Crippen LogP contribution in [0.4, 0.5) is 17.6 Å². The van der Waals surface area contributed by atoms with Crippen LogP contribution < -0.4 is 0 Å². The molecule has 2 rings (SSSR count). The molecule has 1 fully saturated rings. The number of hydrogen-bond donors (Lipinski definition) is 0. The van der Waals surface area contributed by atoms with Gasteiger partial charge >= 0.3 is 6.18 Å². The summed E-state index contributed by atoms with van der Waals surface area (Å²) in [6.45, 7) is 0. The summed E-state index contributed by atoms with van der Waals surface area (Å²) >= 11 is 5.82. The highest BCUT2D eigenvalue weighted by Crippen LogP contribution is 2.42. The van der Waals surface area contributed by atoms with Gasteiger partial charge in [0.05, 0.1) is 5.92 Å². The number of hydrogen-bond acceptors (Lipinski definition) is 1. The van der Waals surface area contributed by atoms with Crippen LogP contribution in [0, 0.1) is 17.7 Å². The van der Waals surface area contributed by atoms with Crippen molar-refractivity contribution in [1.29, 1.82) is 0 Å². The van der Waals surface area contributed by atoms with E-state index in [0.717, 1.165) is 12.1 Å². The second kappa shape index (κ2) is 6.34. The largest absolute Gasteiger partial charge is 0.392 e. The summed E-state index contributed by atoms with van der Waals surface area (Å²) in [7, 11) is 0. The summed E-state index contributed by atoms with van der Waals surface area (Å²) in [5.41, 5.74) is 0.370. The minimum Gasteiger partial charge on any atom is -0.299 e. The molecule has 1 saturated carbocycles. The lowest BCUT2D eigenvalue weighted by Gasteiger charge is -2.32. The minimum atomic E-state index is -4.35. The Hall–Kier alpha value is -1.10. The zero-order chi connectivity index (χ0) is 15.6. The molecule has 0 heterocycles. The number of benzene rings is 1. The zero-order valence-corrected chi connectivity index (χ0v) is 12.0. The van der Waals surface area contributed by atoms with Gasteiger partial charge in [-0.05, 0) is 30.5 Å². The predicted octanol–water partition coefficient (Wildman–Crippen LogP) is 4.96. The highest BCUT2D eigenvalue weighted by Gasteiger charge is 2.47. The Morgan fingerprint density at radius 1 is 1.24 bits per heavy atom. The van der Waals surface area contributed by atoms with Crippen molar-refractivity contribution < 1.29 is 22.4 Å². The quantitative estimate of drug-likeness (QED) is 0.719. The normalized spacial score (nSPS) is 23.1. The Morgan fingerprint density at radius 3 is 2.52 bits per heavy atom. The lowest BCUT2D eigenvalue weighted by molar-refractivity contribution is -0.197. The maximum Gasteiger partial charge on any atom is 0.392 e. The van der Waals surface area contributed by atoms with E-state index in [2.05, 4.69) is 0 Å². The van der Waals surface area contributed by atoms with Crippen LogP contribution in [0.1, 0.15) is 31.2 Å². The van der Waals surface area contributed by atoms with E-state index in [0.29, 0.717) is 18.4 Å². The van der Waals surface area contributed by atoms with E-state index in [1.807, 2.05) is 0 Å². The first-order valence-corrected chi connectivity index (χ1v) is 7.20. The summed E-state index contributed by atoms with van der Waals surface area (Å²) in [5, 5.41) is 0.0720. The van der Waals surface area contributed by atoms with Gasteiger partial charge in [0.15, 0.2) is 0 Å². The molecule has 0 amide bonds. The first-order valence-electron chi connectivity index (χ1n) is 6.82. The molecule has 2 atom stereocenters. The minimum absolute atomic E-state index is 0.00292. The van der Waals surface area contributed by atoms with Crippen molar-refractivity contribution in [2.45, 2.75) is 38.3 Å². The summed E-state index contributed by atoms with van der Waals surface area (Å²) in [5.74, 6) is -3.59. The lowest BCUT2D eigenvalue weighted by Crippen LogP contribution is -2.37. The molecule has 1 aliphatic carbocycles. The lowest BCUT2D eigenvalue weighted by atomic mass is 9.75. The van der Waals surface area contributed by atoms with Gasteiger partial charge in [-0.2, -0.15) is 13.2 Å². The van der Waals surface area contributed by atoms with Gasteiger partial charge in [-0.25, -0.2) is 4.39 Å². The molecular weight excluding hydrogens is 308 g/mol. The van der Waals surface area contributed by atoms with Gasteiger partial charge < -0.3 is 0 Å². The molecular formula is C15H15ClF4O. The SMILES string of the molecule is O=C(Cc1ccc(F)cc1Cl)C1CCCCC1C(F)(F)F. The van der Waals surface area contributed by atoms with Crippen molar-refractivity contribution in [1.82, 2.24) is 0 Å². The molecule has 0 radical (unpaired) electrons. The van der Waals surface area contributed by atoms with E-state index in [9.17, 15) is 22.4 Å². The molecule has 116 valence electrons. The third-order valence-electron chi connectivity index (χ3n) is 3.98. The maximum atomic E-state index is 13.0. The third-order valence-corrected chi connectivity index (χ3v) is 4.33. The van der Waals surface area contributed by atoms with Crippen molar-refractivity contribution in [3.63, 3.8) is 0 Å². The predicted molar refractivity (Wildman–Crippen MR) is 71.6 cm³/mol. The molecule has 6 heteroatoms. The van der Waals surface area contributed by atoms with Crippen molar-refractivity contribution in [2.24, 2.45) is 11.8 Å². The summed E-state index contributed by atoms with van der Waals surface area (Å²) in [6, 6.07) is 3.56. The average Bonchev–Trinajstić information content (AvgIpc) is 2.41. The number of carbonyl (C=O) groups excluding carboxylic acids is 1. The fraction of sp³-hybridized carbons (Fsp3) is 0.533. The molecule has 1 aliphatic rings. The van der Waals surface area contributed by atoms with Gasteiger partial charge in [-0.3, -0.25) is 4.79 Å². The topological polar surface area (TPSA) is 17.1 Å². The van der Waals surface area contributed by atoms with Gasteiger partial charge in [0.1, 0.15) is 11.6 Å². The van der Waals surface area contributed by atoms with E-state index >= 15 is 0 Å². The zero-order valence-electron chi connectivity index (χ0n) is 11.2. The Kier molecular flexibility index (Phi) is 4.91. The fourth-order valence-electron chi connectivity index (χ4n) is 2.89. The smallest absolute Gasteiger partial charge is 0.299 e. The van der Waals surface area contributed by atoms with E-state index in [-0.39, 0.29) is 24.3 Å². The van der Waals surface area contributed by atoms with E-state index < -0.39 is 29.6 Å². The Morgan fingerprint density at radius 2 is 1.90 bits per heavy atom. The highest BCUT2D eigenvalue weighted by molar-refractivity contribution is 6.31. The molecule has 1 nitrogen and oxygen atoms in total. The van der Waals surface area contributed by atoms with Crippen molar-refractivity contribution in [3.8, 4) is 0 Å². The third kappa shape index (κ3) is 3.96. The molecule has 1 aromatic rings. The number of alkyl halides is 3. The van der Waals surface area contributed by atoms with Crippen LogP contribution in [0.2, 0.25) is 5.02 Å². The standard InChI is InChI=1S/C15H15ClF4O/c16-13-8-10(17)6-5-9(13)7-14(21)11-3-1-2-4-12(11)15(18,19)20/h5-6,8,11-12H,1-4,7H2. The monoisotopic (exact) mass is 322 g/mol. The molecule has 21 heavy (non-hydrogen) atoms. The van der Waals surface area contributed by atoms with Gasteiger partial charge in [0, 0.05) is 17.4 Å². The van der Waals surface area contributed by atoms with Crippen molar-refractivity contribution in [2.75, 3.05) is 0 Å². The molecule has 0 bridgehead atoms. The molecule has 2 unspecified atom stereocenters. The molecule has 0 aliphatic heterocycles. The number of halogens is 5. The number of rotatable bonds is 3. The Bertz CT molecular complexity index is 527. The van der Waals surface area contributed by atoms with Crippen molar-refractivity contribution in [3.05, 3.63) is 34.6 Å². The number of carbonyl (C=O) groups is 1. The highest BCUT2D eigenvalue weighted by atomic mass is 35.5. The summed E-state index contributed by atoms with van der Waals surface area (Å²) in [4.78, 5) is 12.2. The second-order valence-electron chi connectivity index (χ2n) is 5.42. The van der Waals surface area contributed by atoms with Crippen molar-refractivity contribution >= 4 is 17.4 Å². The van der Waals surface area contributed by atoms with Crippen LogP contribution >= 0.6 is 11.6 Å². The van der Waals surface area contributed by atoms with Crippen LogP contribution in [0.5, 0.6) is 0 Å². The maximum absolute atomic E-state index is 13.0. The molecule has 0 saturated heterocycles. The van der Waals surface area contributed by atoms with E-state index in [1.54, 1.807) is 0 Å². The van der Waals surface area contributed by atoms with Gasteiger partial charge in [0.25, 0.3) is 0 Å². The number of Topliss-reactive ketones (excluding diaryl/α,β-unsaturated/α-hetero) is 1. The van der Waals surface area contributed by atoms with Gasteiger partial charge in [-0.15, -0.1) is 0 Å². The Labute approximate surface area is 125 Å². The fourth-order valence-corrected chi connectivity index (χ4v) is 3.13. The van der Waals surface area contributed by atoms with Gasteiger partial charge in [0.2, 0.25) is 0 Å². The molecule has 0 N–H and O–H groups in total. The second-order valence-corrected chi connectivity index (χ2v) is 5.83. The first kappa shape index (κ1) is 16.3. The first-order chi connectivity index (χ1) is 9.79. The average molecular weight is 323 g/mol. The molecule has 1 aromatic carbocycles. The van der Waals surface area contributed by atoms with Crippen LogP contribution in [0.3, 0.4) is 0 Å². The van der Waals surface area contributed by atoms with Crippen LogP contribution in [0.25, 0.3) is 0 Å². The van der Waals surface area contributed by atoms with Gasteiger partial charge in [-0.1, -0.05) is 30.5 Å². The summed E-state index contributed by atoms with van der Waals surface area (Å²) < 4.78 is 51.9. The molecule has 0 spiro atoms. The van der Waals surface area contributed by atoms with Crippen LogP contribution in [-0.2, 0) is 11.2 Å². The Balaban J connectivity index is 2.14.